The van der Waals surface area contributed by atoms with E-state index in [9.17, 15) is 14.4 Å². The van der Waals surface area contributed by atoms with E-state index in [4.69, 9.17) is 4.42 Å². The van der Waals surface area contributed by atoms with Crippen molar-refractivity contribution in [3.63, 3.8) is 0 Å². The van der Waals surface area contributed by atoms with Crippen molar-refractivity contribution in [1.29, 1.82) is 0 Å². The zero-order valence-electron chi connectivity index (χ0n) is 19.3. The fraction of sp³-hybridized carbons (Fsp3) is 0.259. The third-order valence-corrected chi connectivity index (χ3v) is 6.51. The number of aryl methyl sites for hydroxylation is 1. The number of carbonyl (C=O) groups excluding carboxylic acids is 3. The first-order chi connectivity index (χ1) is 17.0. The summed E-state index contributed by atoms with van der Waals surface area (Å²) < 4.78 is 5.41. The maximum absolute atomic E-state index is 13.0. The topological polar surface area (TPSA) is 105 Å². The number of fused-ring (bicyclic) bond motifs is 1. The lowest BCUT2D eigenvalue weighted by Gasteiger charge is -2.25. The van der Waals surface area contributed by atoms with Gasteiger partial charge in [0.25, 0.3) is 0 Å². The lowest BCUT2D eigenvalue weighted by molar-refractivity contribution is -0.134. The Morgan fingerprint density at radius 2 is 1.83 bits per heavy atom. The van der Waals surface area contributed by atoms with Crippen LogP contribution in [0.2, 0.25) is 0 Å². The first-order valence-corrected chi connectivity index (χ1v) is 11.6. The molecule has 0 unspecified atom stereocenters. The maximum Gasteiger partial charge on any atom is 0.247 e. The molecule has 2 heterocycles. The summed E-state index contributed by atoms with van der Waals surface area (Å²) in [5.41, 5.74) is 3.27. The van der Waals surface area contributed by atoms with E-state index in [1.165, 1.54) is 18.5 Å². The molecular formula is C27H26N4O4. The van der Waals surface area contributed by atoms with Gasteiger partial charge in [-0.2, -0.15) is 0 Å². The largest absolute Gasteiger partial charge is 0.443 e. The Bertz CT molecular complexity index is 1270. The Labute approximate surface area is 203 Å². The summed E-state index contributed by atoms with van der Waals surface area (Å²) >= 11 is 0. The van der Waals surface area contributed by atoms with Gasteiger partial charge in [0.05, 0.1) is 5.69 Å². The number of nitrogens with zero attached hydrogens (tertiary/aromatic N) is 2. The summed E-state index contributed by atoms with van der Waals surface area (Å²) in [6, 6.07) is 16.4. The molecule has 1 aromatic heterocycles. The van der Waals surface area contributed by atoms with Crippen LogP contribution in [0.1, 0.15) is 24.1 Å². The second-order valence-corrected chi connectivity index (χ2v) is 8.93. The van der Waals surface area contributed by atoms with Crippen molar-refractivity contribution >= 4 is 23.4 Å². The summed E-state index contributed by atoms with van der Waals surface area (Å²) in [6.07, 6.45) is 5.43. The summed E-state index contributed by atoms with van der Waals surface area (Å²) in [5.74, 6) is 0.135. The smallest absolute Gasteiger partial charge is 0.247 e. The van der Waals surface area contributed by atoms with Crippen molar-refractivity contribution in [2.75, 3.05) is 5.32 Å². The Morgan fingerprint density at radius 3 is 2.54 bits per heavy atom. The normalized spacial score (nSPS) is 20.5. The highest BCUT2D eigenvalue weighted by Gasteiger charge is 2.55. The van der Waals surface area contributed by atoms with Gasteiger partial charge in [0.15, 0.2) is 12.2 Å². The minimum atomic E-state index is -0.556. The number of piperidine rings is 1. The van der Waals surface area contributed by atoms with Crippen LogP contribution in [0, 0.1) is 12.8 Å². The van der Waals surface area contributed by atoms with Gasteiger partial charge in [0, 0.05) is 36.0 Å². The summed E-state index contributed by atoms with van der Waals surface area (Å²) in [5, 5.41) is 5.68. The van der Waals surface area contributed by atoms with Gasteiger partial charge in [-0.15, -0.1) is 0 Å². The van der Waals surface area contributed by atoms with E-state index < -0.39 is 6.04 Å². The molecule has 35 heavy (non-hydrogen) atoms. The Balaban J connectivity index is 1.19. The molecule has 3 amide bonds. The zero-order valence-corrected chi connectivity index (χ0v) is 19.3. The molecule has 8 nitrogen and oxygen atoms in total. The van der Waals surface area contributed by atoms with Crippen molar-refractivity contribution in [2.24, 2.45) is 5.92 Å². The number of hydrogen-bond acceptors (Lipinski definition) is 5. The lowest BCUT2D eigenvalue weighted by Crippen LogP contribution is -2.45. The average Bonchev–Trinajstić information content (AvgIpc) is 3.32. The SMILES string of the molecule is Cc1ncoc1-c1ccc(NC(=O)[C@@H]2C[C@H]3C[C@H]3N2C(=O)/C=C/C(=O)NCc2ccccc2)cc1. The Kier molecular flexibility index (Phi) is 6.18. The molecule has 3 aromatic rings. The van der Waals surface area contributed by atoms with Crippen LogP contribution in [0.3, 0.4) is 0 Å². The predicted octanol–water partition coefficient (Wildman–Crippen LogP) is 3.45. The molecule has 1 aliphatic heterocycles. The average molecular weight is 471 g/mol. The number of hydrogen-bond donors (Lipinski definition) is 2. The third-order valence-electron chi connectivity index (χ3n) is 6.51. The van der Waals surface area contributed by atoms with Gasteiger partial charge in [0.1, 0.15) is 6.04 Å². The standard InChI is InChI=1S/C27H26N4O4/c1-17-26(35-16-29-17)19-7-9-21(10-8-19)30-27(34)23-14-20-13-22(20)31(23)25(33)12-11-24(32)28-15-18-5-3-2-4-6-18/h2-12,16,20,22-23H,13-15H2,1H3,(H,28,32)(H,30,34)/b12-11+/t20-,22-,23+/m1/s1. The van der Waals surface area contributed by atoms with Crippen LogP contribution < -0.4 is 10.6 Å². The van der Waals surface area contributed by atoms with Gasteiger partial charge in [-0.25, -0.2) is 4.98 Å². The summed E-state index contributed by atoms with van der Waals surface area (Å²) in [7, 11) is 0. The molecule has 2 aromatic carbocycles. The van der Waals surface area contributed by atoms with Crippen LogP contribution in [-0.4, -0.2) is 39.7 Å². The number of aromatic nitrogens is 1. The Morgan fingerprint density at radius 1 is 1.06 bits per heavy atom. The van der Waals surface area contributed by atoms with E-state index in [0.29, 0.717) is 30.3 Å². The molecule has 2 fully saturated rings. The minimum Gasteiger partial charge on any atom is -0.443 e. The number of nitrogens with one attached hydrogen (secondary N) is 2. The minimum absolute atomic E-state index is 0.0621. The van der Waals surface area contributed by atoms with E-state index in [2.05, 4.69) is 15.6 Å². The molecule has 2 aliphatic rings. The fourth-order valence-corrected chi connectivity index (χ4v) is 4.59. The molecular weight excluding hydrogens is 444 g/mol. The lowest BCUT2D eigenvalue weighted by atomic mass is 10.1. The van der Waals surface area contributed by atoms with Crippen LogP contribution in [0.5, 0.6) is 0 Å². The molecule has 0 radical (unpaired) electrons. The second-order valence-electron chi connectivity index (χ2n) is 8.93. The van der Waals surface area contributed by atoms with Crippen molar-refractivity contribution in [3.05, 3.63) is 84.4 Å². The first kappa shape index (κ1) is 22.6. The molecule has 0 spiro atoms. The maximum atomic E-state index is 13.0. The first-order valence-electron chi connectivity index (χ1n) is 11.6. The van der Waals surface area contributed by atoms with Crippen molar-refractivity contribution in [1.82, 2.24) is 15.2 Å². The Hall–Kier alpha value is -4.20. The number of amides is 3. The van der Waals surface area contributed by atoms with Gasteiger partial charge in [-0.05, 0) is 55.5 Å². The molecule has 3 atom stereocenters. The third kappa shape index (κ3) is 5.01. The highest BCUT2D eigenvalue weighted by molar-refractivity contribution is 6.02. The summed E-state index contributed by atoms with van der Waals surface area (Å²) in [6.45, 7) is 2.25. The zero-order chi connectivity index (χ0) is 24.4. The van der Waals surface area contributed by atoms with E-state index in [-0.39, 0.29) is 23.8 Å². The number of anilines is 1. The van der Waals surface area contributed by atoms with Gasteiger partial charge in [-0.1, -0.05) is 30.3 Å². The van der Waals surface area contributed by atoms with Crippen molar-refractivity contribution in [3.8, 4) is 11.3 Å². The van der Waals surface area contributed by atoms with Crippen molar-refractivity contribution in [2.45, 2.75) is 38.4 Å². The monoisotopic (exact) mass is 470 g/mol. The number of carbonyl (C=O) groups is 3. The molecule has 0 bridgehead atoms. The highest BCUT2D eigenvalue weighted by Crippen LogP contribution is 2.48. The van der Waals surface area contributed by atoms with Crippen LogP contribution in [0.15, 0.2) is 77.6 Å². The van der Waals surface area contributed by atoms with E-state index in [1.54, 1.807) is 17.0 Å². The molecule has 1 aliphatic carbocycles. The quantitative estimate of drug-likeness (QED) is 0.515. The van der Waals surface area contributed by atoms with Gasteiger partial charge in [-0.3, -0.25) is 14.4 Å². The molecule has 2 N–H and O–H groups in total. The van der Waals surface area contributed by atoms with Gasteiger partial charge in [0.2, 0.25) is 17.7 Å². The molecule has 1 saturated carbocycles. The van der Waals surface area contributed by atoms with Gasteiger partial charge >= 0.3 is 0 Å². The number of benzene rings is 2. The van der Waals surface area contributed by atoms with Crippen LogP contribution >= 0.6 is 0 Å². The molecule has 8 heteroatoms. The van der Waals surface area contributed by atoms with Crippen LogP contribution in [0.25, 0.3) is 11.3 Å². The van der Waals surface area contributed by atoms with Gasteiger partial charge < -0.3 is 20.0 Å². The summed E-state index contributed by atoms with van der Waals surface area (Å²) in [4.78, 5) is 43.8. The number of rotatable bonds is 7. The fourth-order valence-electron chi connectivity index (χ4n) is 4.59. The molecule has 5 rings (SSSR count). The van der Waals surface area contributed by atoms with E-state index in [0.717, 1.165) is 23.2 Å². The van der Waals surface area contributed by atoms with Crippen LogP contribution in [-0.2, 0) is 20.9 Å². The molecule has 1 saturated heterocycles. The second kappa shape index (κ2) is 9.58. The van der Waals surface area contributed by atoms with E-state index >= 15 is 0 Å². The molecule has 178 valence electrons. The predicted molar refractivity (Wildman–Crippen MR) is 130 cm³/mol. The highest BCUT2D eigenvalue weighted by atomic mass is 16.3. The van der Waals surface area contributed by atoms with Crippen LogP contribution in [0.4, 0.5) is 5.69 Å². The van der Waals surface area contributed by atoms with E-state index in [1.807, 2.05) is 49.4 Å². The number of oxazole rings is 1. The van der Waals surface area contributed by atoms with Crippen molar-refractivity contribution < 1.29 is 18.8 Å². The number of likely N-dealkylation sites (tertiary alicyclic amines) is 1.